The van der Waals surface area contributed by atoms with Gasteiger partial charge in [0.15, 0.2) is 5.96 Å². The van der Waals surface area contributed by atoms with Crippen LogP contribution in [-0.2, 0) is 9.59 Å². The number of anilines is 1. The summed E-state index contributed by atoms with van der Waals surface area (Å²) in [5, 5.41) is 5.64. The molecule has 10 heteroatoms. The number of nitrogens with two attached hydrogens (primary N) is 1. The van der Waals surface area contributed by atoms with Crippen LogP contribution < -0.4 is 16.4 Å². The fourth-order valence-corrected chi connectivity index (χ4v) is 2.90. The molecule has 0 atom stereocenters. The van der Waals surface area contributed by atoms with E-state index in [-0.39, 0.29) is 42.3 Å². The number of primary amides is 1. The number of aliphatic imine (C=N–C) groups is 1. The fourth-order valence-electron chi connectivity index (χ4n) is 2.90. The molecule has 1 aromatic rings. The third kappa shape index (κ3) is 6.30. The van der Waals surface area contributed by atoms with Crippen molar-refractivity contribution in [1.29, 1.82) is 0 Å². The number of piperazine rings is 1. The van der Waals surface area contributed by atoms with Gasteiger partial charge in [0.2, 0.25) is 11.8 Å². The zero-order chi connectivity index (χ0) is 20.0. The molecule has 2 rings (SSSR count). The van der Waals surface area contributed by atoms with Crippen LogP contribution in [0.1, 0.15) is 13.8 Å². The molecule has 0 aliphatic carbocycles. The number of benzene rings is 1. The number of nitrogens with one attached hydrogen (secondary N) is 2. The number of halogens is 2. The standard InChI is InChI=1S/C18H27FN6O2.HI/c1-18(2,16(20)27)25-9-7-24(8-10-25)17(21-3)22-12-15(26)23-14-6-4-5-13(19)11-14;/h4-6,11H,7-10,12H2,1-3H3,(H2,20,27)(H,21,22)(H,23,26);1H. The number of rotatable bonds is 5. The van der Waals surface area contributed by atoms with Crippen molar-refractivity contribution in [1.82, 2.24) is 15.1 Å². The molecule has 8 nitrogen and oxygen atoms in total. The van der Waals surface area contributed by atoms with Gasteiger partial charge in [0, 0.05) is 38.9 Å². The molecule has 4 N–H and O–H groups in total. The van der Waals surface area contributed by atoms with Crippen molar-refractivity contribution < 1.29 is 14.0 Å². The van der Waals surface area contributed by atoms with E-state index in [1.807, 2.05) is 23.6 Å². The SMILES string of the molecule is CN=C(NCC(=O)Nc1cccc(F)c1)N1CCN(C(C)(C)C(N)=O)CC1.I. The van der Waals surface area contributed by atoms with Gasteiger partial charge < -0.3 is 21.3 Å². The molecule has 0 spiro atoms. The van der Waals surface area contributed by atoms with Gasteiger partial charge in [-0.15, -0.1) is 24.0 Å². The minimum atomic E-state index is -0.701. The molecule has 156 valence electrons. The van der Waals surface area contributed by atoms with Gasteiger partial charge in [0.1, 0.15) is 5.82 Å². The van der Waals surface area contributed by atoms with E-state index in [4.69, 9.17) is 5.73 Å². The zero-order valence-corrected chi connectivity index (χ0v) is 18.7. The Kier molecular flexibility index (Phi) is 9.08. The van der Waals surface area contributed by atoms with E-state index >= 15 is 0 Å². The average Bonchev–Trinajstić information content (AvgIpc) is 2.62. The molecule has 0 bridgehead atoms. The van der Waals surface area contributed by atoms with Crippen molar-refractivity contribution >= 4 is 47.4 Å². The van der Waals surface area contributed by atoms with E-state index in [1.165, 1.54) is 18.2 Å². The van der Waals surface area contributed by atoms with Gasteiger partial charge in [-0.3, -0.25) is 19.5 Å². The summed E-state index contributed by atoms with van der Waals surface area (Å²) in [5.41, 5.74) is 5.18. The Morgan fingerprint density at radius 2 is 1.89 bits per heavy atom. The Hall–Kier alpha value is -1.95. The third-order valence-corrected chi connectivity index (χ3v) is 4.70. The lowest BCUT2D eigenvalue weighted by Crippen LogP contribution is -2.61. The highest BCUT2D eigenvalue weighted by atomic mass is 127. The van der Waals surface area contributed by atoms with E-state index in [0.29, 0.717) is 37.8 Å². The Balaban J connectivity index is 0.00000392. The first-order chi connectivity index (χ1) is 12.7. The molecule has 0 unspecified atom stereocenters. The van der Waals surface area contributed by atoms with Crippen LogP contribution in [0.15, 0.2) is 29.3 Å². The second-order valence-corrected chi connectivity index (χ2v) is 6.86. The Morgan fingerprint density at radius 1 is 1.25 bits per heavy atom. The predicted octanol–water partition coefficient (Wildman–Crippen LogP) is 0.839. The smallest absolute Gasteiger partial charge is 0.243 e. The van der Waals surface area contributed by atoms with Crippen molar-refractivity contribution in [3.63, 3.8) is 0 Å². The lowest BCUT2D eigenvalue weighted by molar-refractivity contribution is -0.129. The quantitative estimate of drug-likeness (QED) is 0.312. The zero-order valence-electron chi connectivity index (χ0n) is 16.4. The second-order valence-electron chi connectivity index (χ2n) is 6.86. The maximum atomic E-state index is 13.2. The van der Waals surface area contributed by atoms with Crippen LogP contribution in [0.4, 0.5) is 10.1 Å². The molecule has 0 radical (unpaired) electrons. The molecule has 1 saturated heterocycles. The van der Waals surface area contributed by atoms with Crippen LogP contribution >= 0.6 is 24.0 Å². The molecule has 28 heavy (non-hydrogen) atoms. The third-order valence-electron chi connectivity index (χ3n) is 4.70. The largest absolute Gasteiger partial charge is 0.368 e. The maximum Gasteiger partial charge on any atom is 0.243 e. The topological polar surface area (TPSA) is 103 Å². The van der Waals surface area contributed by atoms with Gasteiger partial charge in [-0.1, -0.05) is 6.07 Å². The van der Waals surface area contributed by atoms with Crippen LogP contribution in [0.2, 0.25) is 0 Å². The van der Waals surface area contributed by atoms with Crippen molar-refractivity contribution in [2.75, 3.05) is 45.1 Å². The van der Waals surface area contributed by atoms with Crippen LogP contribution in [-0.4, -0.2) is 72.9 Å². The van der Waals surface area contributed by atoms with E-state index in [2.05, 4.69) is 15.6 Å². The van der Waals surface area contributed by atoms with Gasteiger partial charge in [-0.05, 0) is 32.0 Å². The van der Waals surface area contributed by atoms with Crippen molar-refractivity contribution in [3.8, 4) is 0 Å². The normalized spacial score (nSPS) is 15.6. The molecule has 2 amide bonds. The minimum absolute atomic E-state index is 0. The summed E-state index contributed by atoms with van der Waals surface area (Å²) in [6, 6.07) is 5.72. The molecule has 1 aliphatic rings. The van der Waals surface area contributed by atoms with Gasteiger partial charge in [0.05, 0.1) is 12.1 Å². The summed E-state index contributed by atoms with van der Waals surface area (Å²) in [4.78, 5) is 31.9. The van der Waals surface area contributed by atoms with E-state index < -0.39 is 11.4 Å². The molecule has 1 fully saturated rings. The molecule has 1 heterocycles. The Labute approximate surface area is 181 Å². The summed E-state index contributed by atoms with van der Waals surface area (Å²) in [5.74, 6) is -0.461. The van der Waals surface area contributed by atoms with Gasteiger partial charge >= 0.3 is 0 Å². The average molecular weight is 506 g/mol. The molecule has 0 aromatic heterocycles. The van der Waals surface area contributed by atoms with Crippen molar-refractivity contribution in [2.45, 2.75) is 19.4 Å². The summed E-state index contributed by atoms with van der Waals surface area (Å²) in [6.07, 6.45) is 0. The van der Waals surface area contributed by atoms with Crippen LogP contribution in [0.3, 0.4) is 0 Å². The Morgan fingerprint density at radius 3 is 2.43 bits per heavy atom. The highest BCUT2D eigenvalue weighted by Gasteiger charge is 2.35. The second kappa shape index (κ2) is 10.6. The monoisotopic (exact) mass is 506 g/mol. The summed E-state index contributed by atoms with van der Waals surface area (Å²) in [6.45, 7) is 6.27. The fraction of sp³-hybridized carbons (Fsp3) is 0.500. The number of carbonyl (C=O) groups is 2. The van der Waals surface area contributed by atoms with E-state index in [1.54, 1.807) is 13.1 Å². The number of amides is 2. The molecular formula is C18H28FIN6O2. The van der Waals surface area contributed by atoms with E-state index in [9.17, 15) is 14.0 Å². The van der Waals surface area contributed by atoms with Crippen LogP contribution in [0, 0.1) is 5.82 Å². The molecule has 1 aliphatic heterocycles. The summed E-state index contributed by atoms with van der Waals surface area (Å²) < 4.78 is 13.2. The van der Waals surface area contributed by atoms with Crippen molar-refractivity contribution in [3.05, 3.63) is 30.1 Å². The number of hydrogen-bond acceptors (Lipinski definition) is 4. The first kappa shape index (κ1) is 24.1. The van der Waals surface area contributed by atoms with Gasteiger partial charge in [-0.25, -0.2) is 4.39 Å². The maximum absolute atomic E-state index is 13.2. The predicted molar refractivity (Wildman–Crippen MR) is 118 cm³/mol. The number of hydrogen-bond donors (Lipinski definition) is 3. The highest BCUT2D eigenvalue weighted by molar-refractivity contribution is 14.0. The molecule has 0 saturated carbocycles. The number of guanidine groups is 1. The first-order valence-electron chi connectivity index (χ1n) is 8.80. The molecule has 1 aromatic carbocycles. The van der Waals surface area contributed by atoms with Crippen LogP contribution in [0.5, 0.6) is 0 Å². The summed E-state index contributed by atoms with van der Waals surface area (Å²) in [7, 11) is 1.65. The lowest BCUT2D eigenvalue weighted by atomic mass is 10.0. The van der Waals surface area contributed by atoms with Gasteiger partial charge in [0.25, 0.3) is 0 Å². The van der Waals surface area contributed by atoms with Gasteiger partial charge in [-0.2, -0.15) is 0 Å². The number of carbonyl (C=O) groups excluding carboxylic acids is 2. The van der Waals surface area contributed by atoms with Crippen LogP contribution in [0.25, 0.3) is 0 Å². The summed E-state index contributed by atoms with van der Waals surface area (Å²) >= 11 is 0. The molecular weight excluding hydrogens is 478 g/mol. The number of nitrogens with zero attached hydrogens (tertiary/aromatic N) is 3. The van der Waals surface area contributed by atoms with E-state index in [0.717, 1.165) is 0 Å². The highest BCUT2D eigenvalue weighted by Crippen LogP contribution is 2.16. The Bertz CT molecular complexity index is 720. The van der Waals surface area contributed by atoms with Crippen molar-refractivity contribution in [2.24, 2.45) is 10.7 Å². The lowest BCUT2D eigenvalue weighted by Gasteiger charge is -2.43. The first-order valence-corrected chi connectivity index (χ1v) is 8.80. The minimum Gasteiger partial charge on any atom is -0.368 e.